The van der Waals surface area contributed by atoms with Crippen molar-refractivity contribution < 1.29 is 9.59 Å². The van der Waals surface area contributed by atoms with Crippen molar-refractivity contribution in [3.8, 4) is 0 Å². The molecular formula is C21H29N3O2S. The summed E-state index contributed by atoms with van der Waals surface area (Å²) in [6.07, 6.45) is 6.42. The number of anilines is 1. The molecule has 0 bridgehead atoms. The standard InChI is InChI=1S/C21H29N3O2S/c25-20(24-9-11-27-12-10-24)13-15-5-7-17(8-6-15)22-21(26)19-14-16-3-1-2-4-18(16)23-19/h5-8,16,18-19,23H,1-4,9-14H2,(H,22,26). The number of amides is 2. The van der Waals surface area contributed by atoms with Crippen LogP contribution in [0.3, 0.4) is 0 Å². The minimum absolute atomic E-state index is 0.0686. The molecule has 146 valence electrons. The van der Waals surface area contributed by atoms with Crippen LogP contribution in [0.5, 0.6) is 0 Å². The van der Waals surface area contributed by atoms with Crippen molar-refractivity contribution >= 4 is 29.3 Å². The van der Waals surface area contributed by atoms with Crippen molar-refractivity contribution in [2.75, 3.05) is 29.9 Å². The highest BCUT2D eigenvalue weighted by Gasteiger charge is 2.38. The molecule has 3 unspecified atom stereocenters. The van der Waals surface area contributed by atoms with E-state index >= 15 is 0 Å². The molecule has 2 amide bonds. The van der Waals surface area contributed by atoms with E-state index < -0.39 is 0 Å². The summed E-state index contributed by atoms with van der Waals surface area (Å²) in [6, 6.07) is 8.18. The van der Waals surface area contributed by atoms with E-state index in [2.05, 4.69) is 10.6 Å². The van der Waals surface area contributed by atoms with Gasteiger partial charge in [0.25, 0.3) is 0 Å². The van der Waals surface area contributed by atoms with Crippen molar-refractivity contribution in [3.63, 3.8) is 0 Å². The first kappa shape index (κ1) is 18.8. The normalized spacial score (nSPS) is 27.9. The first-order chi connectivity index (χ1) is 13.2. The summed E-state index contributed by atoms with van der Waals surface area (Å²) in [4.78, 5) is 26.9. The molecule has 2 saturated heterocycles. The highest BCUT2D eigenvalue weighted by atomic mass is 32.2. The molecule has 3 atom stereocenters. The molecule has 1 aromatic rings. The minimum Gasteiger partial charge on any atom is -0.341 e. The number of benzene rings is 1. The zero-order valence-electron chi connectivity index (χ0n) is 15.8. The predicted octanol–water partition coefficient (Wildman–Crippen LogP) is 2.66. The Bertz CT molecular complexity index is 659. The summed E-state index contributed by atoms with van der Waals surface area (Å²) >= 11 is 1.91. The second-order valence-corrected chi connectivity index (χ2v) is 9.19. The number of hydrogen-bond acceptors (Lipinski definition) is 4. The summed E-state index contributed by atoms with van der Waals surface area (Å²) < 4.78 is 0. The molecule has 4 rings (SSSR count). The lowest BCUT2D eigenvalue weighted by Gasteiger charge is -2.26. The largest absolute Gasteiger partial charge is 0.341 e. The van der Waals surface area contributed by atoms with Gasteiger partial charge in [-0.15, -0.1) is 0 Å². The van der Waals surface area contributed by atoms with E-state index in [1.54, 1.807) is 0 Å². The highest BCUT2D eigenvalue weighted by molar-refractivity contribution is 7.99. The lowest BCUT2D eigenvalue weighted by molar-refractivity contribution is -0.130. The van der Waals surface area contributed by atoms with E-state index in [4.69, 9.17) is 0 Å². The van der Waals surface area contributed by atoms with Gasteiger partial charge in [0.05, 0.1) is 12.5 Å². The molecule has 5 nitrogen and oxygen atoms in total. The first-order valence-electron chi connectivity index (χ1n) is 10.2. The van der Waals surface area contributed by atoms with Crippen LogP contribution in [0.1, 0.15) is 37.7 Å². The average molecular weight is 388 g/mol. The Morgan fingerprint density at radius 3 is 2.59 bits per heavy atom. The van der Waals surface area contributed by atoms with Crippen LogP contribution in [0.25, 0.3) is 0 Å². The van der Waals surface area contributed by atoms with Gasteiger partial charge in [-0.1, -0.05) is 25.0 Å². The van der Waals surface area contributed by atoms with Crippen LogP contribution in [0.4, 0.5) is 5.69 Å². The van der Waals surface area contributed by atoms with Crippen molar-refractivity contribution in [2.24, 2.45) is 5.92 Å². The first-order valence-corrected chi connectivity index (χ1v) is 11.4. The highest BCUT2D eigenvalue weighted by Crippen LogP contribution is 2.33. The summed E-state index contributed by atoms with van der Waals surface area (Å²) in [5, 5.41) is 6.56. The van der Waals surface area contributed by atoms with Crippen LogP contribution in [0.2, 0.25) is 0 Å². The fourth-order valence-corrected chi connectivity index (χ4v) is 5.46. The number of carbonyl (C=O) groups is 2. The van der Waals surface area contributed by atoms with Gasteiger partial charge in [0.2, 0.25) is 11.8 Å². The quantitative estimate of drug-likeness (QED) is 0.834. The smallest absolute Gasteiger partial charge is 0.241 e. The summed E-state index contributed by atoms with van der Waals surface area (Å²) in [5.74, 6) is 3.00. The molecule has 1 aliphatic carbocycles. The van der Waals surface area contributed by atoms with E-state index in [-0.39, 0.29) is 17.9 Å². The van der Waals surface area contributed by atoms with Crippen LogP contribution in [0.15, 0.2) is 24.3 Å². The van der Waals surface area contributed by atoms with Gasteiger partial charge in [-0.2, -0.15) is 11.8 Å². The third kappa shape index (κ3) is 4.66. The van der Waals surface area contributed by atoms with Crippen molar-refractivity contribution in [1.82, 2.24) is 10.2 Å². The van der Waals surface area contributed by atoms with Gasteiger partial charge in [0.1, 0.15) is 0 Å². The molecule has 3 aliphatic rings. The van der Waals surface area contributed by atoms with Gasteiger partial charge in [0, 0.05) is 36.3 Å². The Labute approximate surface area is 165 Å². The third-order valence-corrected chi connectivity index (χ3v) is 7.06. The van der Waals surface area contributed by atoms with Gasteiger partial charge in [-0.05, 0) is 42.9 Å². The summed E-state index contributed by atoms with van der Waals surface area (Å²) in [5.41, 5.74) is 1.81. The van der Waals surface area contributed by atoms with Gasteiger partial charge in [0.15, 0.2) is 0 Å². The number of nitrogens with one attached hydrogen (secondary N) is 2. The van der Waals surface area contributed by atoms with E-state index in [1.165, 1.54) is 25.7 Å². The van der Waals surface area contributed by atoms with Gasteiger partial charge in [-0.3, -0.25) is 9.59 Å². The lowest BCUT2D eigenvalue weighted by atomic mass is 9.85. The molecular weight excluding hydrogens is 358 g/mol. The SMILES string of the molecule is O=C(Nc1ccc(CC(=O)N2CCSCC2)cc1)C1CC2CCCCC2N1. The zero-order chi connectivity index (χ0) is 18.6. The third-order valence-electron chi connectivity index (χ3n) is 6.12. The molecule has 6 heteroatoms. The Morgan fingerprint density at radius 1 is 1.11 bits per heavy atom. The molecule has 2 N–H and O–H groups in total. The van der Waals surface area contributed by atoms with E-state index in [0.717, 1.165) is 42.3 Å². The molecule has 1 aromatic carbocycles. The molecule has 27 heavy (non-hydrogen) atoms. The molecule has 0 radical (unpaired) electrons. The van der Waals surface area contributed by atoms with Crippen LogP contribution in [-0.2, 0) is 16.0 Å². The minimum atomic E-state index is -0.0728. The fourth-order valence-electron chi connectivity index (χ4n) is 4.56. The number of fused-ring (bicyclic) bond motifs is 1. The van der Waals surface area contributed by atoms with Crippen molar-refractivity contribution in [3.05, 3.63) is 29.8 Å². The van der Waals surface area contributed by atoms with E-state index in [9.17, 15) is 9.59 Å². The van der Waals surface area contributed by atoms with Gasteiger partial charge >= 0.3 is 0 Å². The predicted molar refractivity (Wildman–Crippen MR) is 110 cm³/mol. The Hall–Kier alpha value is -1.53. The second kappa shape index (κ2) is 8.65. The van der Waals surface area contributed by atoms with E-state index in [0.29, 0.717) is 18.4 Å². The van der Waals surface area contributed by atoms with Crippen molar-refractivity contribution in [2.45, 2.75) is 50.6 Å². The summed E-state index contributed by atoms with van der Waals surface area (Å²) in [7, 11) is 0. The average Bonchev–Trinajstić information content (AvgIpc) is 3.14. The monoisotopic (exact) mass is 387 g/mol. The molecule has 0 aromatic heterocycles. The van der Waals surface area contributed by atoms with Crippen LogP contribution >= 0.6 is 11.8 Å². The Balaban J connectivity index is 1.28. The number of hydrogen-bond donors (Lipinski definition) is 2. The lowest BCUT2D eigenvalue weighted by Crippen LogP contribution is -2.39. The number of carbonyl (C=O) groups excluding carboxylic acids is 2. The van der Waals surface area contributed by atoms with Crippen LogP contribution in [0, 0.1) is 5.92 Å². The Kier molecular flexibility index (Phi) is 6.03. The van der Waals surface area contributed by atoms with Crippen molar-refractivity contribution in [1.29, 1.82) is 0 Å². The number of thioether (sulfide) groups is 1. The number of rotatable bonds is 4. The zero-order valence-corrected chi connectivity index (χ0v) is 16.6. The molecule has 1 saturated carbocycles. The number of nitrogens with zero attached hydrogens (tertiary/aromatic N) is 1. The van der Waals surface area contributed by atoms with E-state index in [1.807, 2.05) is 40.9 Å². The van der Waals surface area contributed by atoms with Gasteiger partial charge < -0.3 is 15.5 Å². The van der Waals surface area contributed by atoms with Crippen LogP contribution < -0.4 is 10.6 Å². The topological polar surface area (TPSA) is 61.4 Å². The van der Waals surface area contributed by atoms with Crippen LogP contribution in [-0.4, -0.2) is 53.4 Å². The Morgan fingerprint density at radius 2 is 1.85 bits per heavy atom. The van der Waals surface area contributed by atoms with Gasteiger partial charge in [-0.25, -0.2) is 0 Å². The maximum Gasteiger partial charge on any atom is 0.241 e. The fraction of sp³-hybridized carbons (Fsp3) is 0.619. The maximum atomic E-state index is 12.6. The maximum absolute atomic E-state index is 12.6. The molecule has 3 fully saturated rings. The summed E-state index contributed by atoms with van der Waals surface area (Å²) in [6.45, 7) is 1.71. The second-order valence-electron chi connectivity index (χ2n) is 7.96. The molecule has 0 spiro atoms. The molecule has 2 heterocycles. The molecule has 2 aliphatic heterocycles.